The molecule has 0 aliphatic rings. The van der Waals surface area contributed by atoms with Gasteiger partial charge < -0.3 is 9.15 Å². The Morgan fingerprint density at radius 1 is 1.50 bits per heavy atom. The fourth-order valence-electron chi connectivity index (χ4n) is 1.06. The number of rotatable bonds is 2. The van der Waals surface area contributed by atoms with Crippen molar-refractivity contribution in [2.24, 2.45) is 4.99 Å². The van der Waals surface area contributed by atoms with Crippen molar-refractivity contribution in [3.8, 4) is 0 Å². The van der Waals surface area contributed by atoms with Gasteiger partial charge in [0, 0.05) is 6.54 Å². The second-order valence-electron chi connectivity index (χ2n) is 4.33. The topological polar surface area (TPSA) is 51.8 Å². The van der Waals surface area contributed by atoms with Crippen LogP contribution in [0.15, 0.2) is 9.41 Å². The Morgan fingerprint density at radius 2 is 2.12 bits per heavy atom. The molecule has 16 heavy (non-hydrogen) atoms. The molecule has 0 saturated heterocycles. The fourth-order valence-corrected chi connectivity index (χ4v) is 1.91. The first-order valence-electron chi connectivity index (χ1n) is 5.18. The van der Waals surface area contributed by atoms with E-state index in [4.69, 9.17) is 9.15 Å². The van der Waals surface area contributed by atoms with Gasteiger partial charge in [-0.15, -0.1) is 0 Å². The quantitative estimate of drug-likeness (QED) is 0.750. The molecule has 5 heteroatoms. The maximum absolute atomic E-state index is 11.8. The van der Waals surface area contributed by atoms with Crippen LogP contribution in [0.4, 0.5) is 0 Å². The van der Waals surface area contributed by atoms with Crippen LogP contribution in [0, 0.1) is 6.92 Å². The highest BCUT2D eigenvalue weighted by Crippen LogP contribution is 2.17. The smallest absolute Gasteiger partial charge is 0.352 e. The SMILES string of the molecule is CCN=c1oc(C)c(C(=O)OC(C)(C)C)s1. The molecule has 0 bridgehead atoms. The van der Waals surface area contributed by atoms with Gasteiger partial charge in [0.05, 0.1) is 0 Å². The normalized spacial score (nSPS) is 12.9. The predicted octanol–water partition coefficient (Wildman–Crippen LogP) is 2.53. The molecule has 0 radical (unpaired) electrons. The highest BCUT2D eigenvalue weighted by atomic mass is 32.1. The zero-order chi connectivity index (χ0) is 12.3. The Labute approximate surface area is 99.0 Å². The minimum atomic E-state index is -0.491. The van der Waals surface area contributed by atoms with Gasteiger partial charge in [-0.2, -0.15) is 0 Å². The van der Waals surface area contributed by atoms with E-state index >= 15 is 0 Å². The molecule has 0 unspecified atom stereocenters. The second-order valence-corrected chi connectivity index (χ2v) is 5.29. The molecule has 1 aromatic heterocycles. The van der Waals surface area contributed by atoms with Crippen LogP contribution in [-0.4, -0.2) is 18.1 Å². The molecule has 1 heterocycles. The second kappa shape index (κ2) is 4.82. The molecule has 1 rings (SSSR count). The molecule has 4 nitrogen and oxygen atoms in total. The number of aryl methyl sites for hydroxylation is 1. The molecule has 0 saturated carbocycles. The minimum Gasteiger partial charge on any atom is -0.456 e. The highest BCUT2D eigenvalue weighted by molar-refractivity contribution is 7.11. The van der Waals surface area contributed by atoms with Gasteiger partial charge in [0.1, 0.15) is 11.4 Å². The summed E-state index contributed by atoms with van der Waals surface area (Å²) in [6, 6.07) is 0. The van der Waals surface area contributed by atoms with E-state index in [2.05, 4.69) is 4.99 Å². The van der Waals surface area contributed by atoms with Gasteiger partial charge in [-0.1, -0.05) is 11.3 Å². The van der Waals surface area contributed by atoms with Crippen molar-refractivity contribution in [3.63, 3.8) is 0 Å². The van der Waals surface area contributed by atoms with E-state index in [-0.39, 0.29) is 5.97 Å². The molecule has 0 aliphatic heterocycles. The average molecular weight is 243 g/mol. The van der Waals surface area contributed by atoms with E-state index in [1.807, 2.05) is 27.7 Å². The van der Waals surface area contributed by atoms with Crippen molar-refractivity contribution in [1.29, 1.82) is 0 Å². The standard InChI is InChI=1S/C11H17NO3S/c1-6-12-10-14-7(2)8(16-10)9(13)15-11(3,4)5/h6H2,1-5H3. The summed E-state index contributed by atoms with van der Waals surface area (Å²) in [6.07, 6.45) is 0. The zero-order valence-electron chi connectivity index (χ0n) is 10.3. The third kappa shape index (κ3) is 3.48. The minimum absolute atomic E-state index is 0.351. The lowest BCUT2D eigenvalue weighted by atomic mass is 10.2. The summed E-state index contributed by atoms with van der Waals surface area (Å²) in [5.74, 6) is 0.211. The van der Waals surface area contributed by atoms with E-state index in [9.17, 15) is 4.79 Å². The molecular weight excluding hydrogens is 226 g/mol. The number of hydrogen-bond acceptors (Lipinski definition) is 5. The van der Waals surface area contributed by atoms with Crippen LogP contribution in [0.1, 0.15) is 43.1 Å². The number of nitrogens with zero attached hydrogens (tertiary/aromatic N) is 1. The maximum Gasteiger partial charge on any atom is 0.352 e. The first-order chi connectivity index (χ1) is 7.33. The molecule has 0 aromatic carbocycles. The molecule has 0 N–H and O–H groups in total. The summed E-state index contributed by atoms with van der Waals surface area (Å²) in [7, 11) is 0. The Kier molecular flexibility index (Phi) is 3.91. The average Bonchev–Trinajstić information content (AvgIpc) is 2.44. The number of esters is 1. The highest BCUT2D eigenvalue weighted by Gasteiger charge is 2.22. The molecule has 0 amide bonds. The predicted molar refractivity (Wildman–Crippen MR) is 62.6 cm³/mol. The van der Waals surface area contributed by atoms with Crippen molar-refractivity contribution in [3.05, 3.63) is 15.5 Å². The fraction of sp³-hybridized carbons (Fsp3) is 0.636. The lowest BCUT2D eigenvalue weighted by Gasteiger charge is -2.18. The van der Waals surface area contributed by atoms with Crippen LogP contribution in [0.25, 0.3) is 0 Å². The van der Waals surface area contributed by atoms with Gasteiger partial charge in [-0.3, -0.25) is 0 Å². The third-order valence-corrected chi connectivity index (χ3v) is 2.67. The number of carbonyl (C=O) groups is 1. The Balaban J connectivity index is 2.97. The molecule has 0 spiro atoms. The van der Waals surface area contributed by atoms with Gasteiger partial charge in [0.2, 0.25) is 0 Å². The Bertz CT molecular complexity index is 437. The lowest BCUT2D eigenvalue weighted by Crippen LogP contribution is -2.23. The number of ether oxygens (including phenoxy) is 1. The number of carbonyl (C=O) groups excluding carboxylic acids is 1. The molecule has 0 aliphatic carbocycles. The van der Waals surface area contributed by atoms with E-state index in [0.29, 0.717) is 22.0 Å². The van der Waals surface area contributed by atoms with Crippen LogP contribution in [0.3, 0.4) is 0 Å². The van der Waals surface area contributed by atoms with Gasteiger partial charge >= 0.3 is 5.97 Å². The van der Waals surface area contributed by atoms with Crippen molar-refractivity contribution in [2.45, 2.75) is 40.2 Å². The third-order valence-electron chi connectivity index (χ3n) is 1.62. The molecule has 90 valence electrons. The molecule has 0 atom stereocenters. The van der Waals surface area contributed by atoms with Crippen LogP contribution < -0.4 is 4.87 Å². The first-order valence-corrected chi connectivity index (χ1v) is 5.99. The zero-order valence-corrected chi connectivity index (χ0v) is 11.1. The summed E-state index contributed by atoms with van der Waals surface area (Å²) in [6.45, 7) is 9.80. The van der Waals surface area contributed by atoms with E-state index < -0.39 is 5.60 Å². The van der Waals surface area contributed by atoms with Gasteiger partial charge in [-0.25, -0.2) is 9.79 Å². The Hall–Kier alpha value is -1.10. The van der Waals surface area contributed by atoms with Gasteiger partial charge in [-0.05, 0) is 34.6 Å². The van der Waals surface area contributed by atoms with E-state index in [1.165, 1.54) is 11.3 Å². The first kappa shape index (κ1) is 13.0. The number of hydrogen-bond donors (Lipinski definition) is 0. The van der Waals surface area contributed by atoms with Crippen LogP contribution >= 0.6 is 11.3 Å². The van der Waals surface area contributed by atoms with Gasteiger partial charge in [0.25, 0.3) is 4.87 Å². The molecule has 0 fully saturated rings. The van der Waals surface area contributed by atoms with Crippen LogP contribution in [0.5, 0.6) is 0 Å². The van der Waals surface area contributed by atoms with Crippen molar-refractivity contribution >= 4 is 17.3 Å². The summed E-state index contributed by atoms with van der Waals surface area (Å²) in [5, 5.41) is 0. The largest absolute Gasteiger partial charge is 0.456 e. The van der Waals surface area contributed by atoms with Crippen LogP contribution in [-0.2, 0) is 4.74 Å². The van der Waals surface area contributed by atoms with Crippen LogP contribution in [0.2, 0.25) is 0 Å². The monoisotopic (exact) mass is 243 g/mol. The molecular formula is C11H17NO3S. The van der Waals surface area contributed by atoms with Crippen molar-refractivity contribution in [2.75, 3.05) is 6.54 Å². The lowest BCUT2D eigenvalue weighted by molar-refractivity contribution is 0.00727. The summed E-state index contributed by atoms with van der Waals surface area (Å²) < 4.78 is 10.6. The summed E-state index contributed by atoms with van der Waals surface area (Å²) in [5.41, 5.74) is -0.491. The Morgan fingerprint density at radius 3 is 2.62 bits per heavy atom. The van der Waals surface area contributed by atoms with Crippen molar-refractivity contribution in [1.82, 2.24) is 0 Å². The maximum atomic E-state index is 11.8. The molecule has 1 aromatic rings. The summed E-state index contributed by atoms with van der Waals surface area (Å²) >= 11 is 1.22. The summed E-state index contributed by atoms with van der Waals surface area (Å²) in [4.78, 5) is 16.9. The van der Waals surface area contributed by atoms with E-state index in [1.54, 1.807) is 6.92 Å². The van der Waals surface area contributed by atoms with Crippen molar-refractivity contribution < 1.29 is 13.9 Å². The van der Waals surface area contributed by atoms with E-state index in [0.717, 1.165) is 0 Å². The van der Waals surface area contributed by atoms with Gasteiger partial charge in [0.15, 0.2) is 4.88 Å².